The zero-order valence-electron chi connectivity index (χ0n) is 12.2. The van der Waals surface area contributed by atoms with Crippen molar-refractivity contribution in [1.82, 2.24) is 20.6 Å². The van der Waals surface area contributed by atoms with Gasteiger partial charge in [0.05, 0.1) is 6.33 Å². The Morgan fingerprint density at radius 3 is 2.43 bits per heavy atom. The van der Waals surface area contributed by atoms with Gasteiger partial charge in [0.2, 0.25) is 11.8 Å². The Kier molecular flexibility index (Phi) is 5.89. The molecule has 1 rings (SSSR count). The Morgan fingerprint density at radius 1 is 1.33 bits per heavy atom. The number of hydrogen-bond acceptors (Lipinski definition) is 4. The lowest BCUT2D eigenvalue weighted by molar-refractivity contribution is -0.142. The number of carbonyl (C=O) groups excluding carboxylic acids is 2. The Morgan fingerprint density at radius 2 is 2.00 bits per heavy atom. The molecule has 2 atom stereocenters. The summed E-state index contributed by atoms with van der Waals surface area (Å²) in [5.41, 5.74) is 0.600. The highest BCUT2D eigenvalue weighted by Crippen LogP contribution is 2.04. The summed E-state index contributed by atoms with van der Waals surface area (Å²) < 4.78 is 0. The third-order valence-electron chi connectivity index (χ3n) is 2.90. The van der Waals surface area contributed by atoms with E-state index >= 15 is 0 Å². The van der Waals surface area contributed by atoms with Crippen LogP contribution in [0.25, 0.3) is 0 Å². The number of carboxylic acids is 1. The highest BCUT2D eigenvalue weighted by Gasteiger charge is 2.28. The Bertz CT molecular complexity index is 498. The maximum Gasteiger partial charge on any atom is 0.326 e. The minimum absolute atomic E-state index is 0.0892. The van der Waals surface area contributed by atoms with E-state index in [1.54, 1.807) is 13.8 Å². The molecule has 0 radical (unpaired) electrons. The lowest BCUT2D eigenvalue weighted by atomic mass is 10.0. The predicted molar refractivity (Wildman–Crippen MR) is 74.3 cm³/mol. The van der Waals surface area contributed by atoms with Gasteiger partial charge in [-0.15, -0.1) is 0 Å². The molecule has 1 aromatic rings. The molecule has 0 bridgehead atoms. The number of aromatic nitrogens is 2. The smallest absolute Gasteiger partial charge is 0.326 e. The van der Waals surface area contributed by atoms with E-state index in [2.05, 4.69) is 20.6 Å². The van der Waals surface area contributed by atoms with Crippen LogP contribution in [0.15, 0.2) is 12.5 Å². The molecule has 0 spiro atoms. The van der Waals surface area contributed by atoms with Gasteiger partial charge in [-0.05, 0) is 5.92 Å². The van der Waals surface area contributed by atoms with Gasteiger partial charge in [-0.1, -0.05) is 13.8 Å². The average molecular weight is 296 g/mol. The second kappa shape index (κ2) is 7.41. The molecule has 21 heavy (non-hydrogen) atoms. The molecule has 2 amide bonds. The fourth-order valence-corrected chi connectivity index (χ4v) is 1.83. The van der Waals surface area contributed by atoms with Crippen LogP contribution in [0, 0.1) is 5.92 Å². The molecule has 0 aliphatic rings. The Balaban J connectivity index is 2.74. The van der Waals surface area contributed by atoms with Gasteiger partial charge < -0.3 is 20.7 Å². The van der Waals surface area contributed by atoms with Crippen molar-refractivity contribution in [3.8, 4) is 0 Å². The van der Waals surface area contributed by atoms with Crippen LogP contribution in [0.1, 0.15) is 26.5 Å². The average Bonchev–Trinajstić information content (AvgIpc) is 2.87. The fourth-order valence-electron chi connectivity index (χ4n) is 1.83. The molecule has 8 heteroatoms. The molecule has 1 aromatic heterocycles. The van der Waals surface area contributed by atoms with Crippen LogP contribution in [-0.2, 0) is 20.8 Å². The molecule has 1 heterocycles. The van der Waals surface area contributed by atoms with Gasteiger partial charge in [0.1, 0.15) is 12.1 Å². The first kappa shape index (κ1) is 16.7. The molecule has 1 unspecified atom stereocenters. The SMILES string of the molecule is CC(=O)NC(C(=O)N[C@H](Cc1cnc[nH]1)C(=O)O)C(C)C. The minimum Gasteiger partial charge on any atom is -0.480 e. The molecule has 0 fully saturated rings. The van der Waals surface area contributed by atoms with E-state index in [-0.39, 0.29) is 18.2 Å². The van der Waals surface area contributed by atoms with Gasteiger partial charge in [-0.25, -0.2) is 9.78 Å². The van der Waals surface area contributed by atoms with Crippen molar-refractivity contribution in [2.24, 2.45) is 5.92 Å². The first-order valence-electron chi connectivity index (χ1n) is 6.58. The van der Waals surface area contributed by atoms with Gasteiger partial charge in [-0.3, -0.25) is 9.59 Å². The Hall–Kier alpha value is -2.38. The second-order valence-electron chi connectivity index (χ2n) is 5.10. The number of amides is 2. The van der Waals surface area contributed by atoms with Crippen molar-refractivity contribution in [3.05, 3.63) is 18.2 Å². The minimum atomic E-state index is -1.15. The second-order valence-corrected chi connectivity index (χ2v) is 5.10. The number of carboxylic acid groups (broad SMARTS) is 1. The van der Waals surface area contributed by atoms with Gasteiger partial charge in [0.15, 0.2) is 0 Å². The Labute approximate surface area is 122 Å². The lowest BCUT2D eigenvalue weighted by Gasteiger charge is -2.23. The van der Waals surface area contributed by atoms with Crippen LogP contribution in [-0.4, -0.2) is 44.9 Å². The van der Waals surface area contributed by atoms with Crippen LogP contribution in [0.3, 0.4) is 0 Å². The maximum absolute atomic E-state index is 12.1. The third kappa shape index (κ3) is 5.25. The van der Waals surface area contributed by atoms with Gasteiger partial charge >= 0.3 is 5.97 Å². The van der Waals surface area contributed by atoms with Gasteiger partial charge in [0.25, 0.3) is 0 Å². The van der Waals surface area contributed by atoms with E-state index in [1.807, 2.05) is 0 Å². The summed E-state index contributed by atoms with van der Waals surface area (Å²) in [4.78, 5) is 41.1. The van der Waals surface area contributed by atoms with Crippen LogP contribution in [0.2, 0.25) is 0 Å². The molecular formula is C13H20N4O4. The summed E-state index contributed by atoms with van der Waals surface area (Å²) >= 11 is 0. The fraction of sp³-hybridized carbons (Fsp3) is 0.538. The molecule has 8 nitrogen and oxygen atoms in total. The van der Waals surface area contributed by atoms with E-state index in [1.165, 1.54) is 19.4 Å². The molecular weight excluding hydrogens is 276 g/mol. The van der Waals surface area contributed by atoms with Crippen molar-refractivity contribution < 1.29 is 19.5 Å². The normalized spacial score (nSPS) is 13.5. The third-order valence-corrected chi connectivity index (χ3v) is 2.90. The monoisotopic (exact) mass is 296 g/mol. The quantitative estimate of drug-likeness (QED) is 0.549. The van der Waals surface area contributed by atoms with E-state index in [0.29, 0.717) is 5.69 Å². The number of nitrogens with zero attached hydrogens (tertiary/aromatic N) is 1. The number of aliphatic carboxylic acids is 1. The van der Waals surface area contributed by atoms with Crippen molar-refractivity contribution in [2.75, 3.05) is 0 Å². The molecule has 4 N–H and O–H groups in total. The van der Waals surface area contributed by atoms with E-state index < -0.39 is 24.0 Å². The molecule has 0 saturated heterocycles. The number of imidazole rings is 1. The van der Waals surface area contributed by atoms with Crippen molar-refractivity contribution in [1.29, 1.82) is 0 Å². The lowest BCUT2D eigenvalue weighted by Crippen LogP contribution is -2.53. The largest absolute Gasteiger partial charge is 0.480 e. The maximum atomic E-state index is 12.1. The summed E-state index contributed by atoms with van der Waals surface area (Å²) in [6, 6.07) is -1.86. The van der Waals surface area contributed by atoms with Crippen molar-refractivity contribution in [3.63, 3.8) is 0 Å². The molecule has 116 valence electrons. The molecule has 0 aromatic carbocycles. The van der Waals surface area contributed by atoms with Gasteiger partial charge in [-0.2, -0.15) is 0 Å². The highest BCUT2D eigenvalue weighted by molar-refractivity contribution is 5.90. The number of H-pyrrole nitrogens is 1. The van der Waals surface area contributed by atoms with E-state index in [4.69, 9.17) is 0 Å². The number of nitrogens with one attached hydrogen (secondary N) is 3. The topological polar surface area (TPSA) is 124 Å². The zero-order chi connectivity index (χ0) is 16.0. The van der Waals surface area contributed by atoms with Crippen molar-refractivity contribution in [2.45, 2.75) is 39.3 Å². The zero-order valence-corrected chi connectivity index (χ0v) is 12.2. The van der Waals surface area contributed by atoms with E-state index in [9.17, 15) is 19.5 Å². The van der Waals surface area contributed by atoms with Crippen LogP contribution in [0.5, 0.6) is 0 Å². The highest BCUT2D eigenvalue weighted by atomic mass is 16.4. The molecule has 0 aliphatic heterocycles. The number of aromatic amines is 1. The van der Waals surface area contributed by atoms with Gasteiger partial charge in [0, 0.05) is 25.2 Å². The van der Waals surface area contributed by atoms with Crippen molar-refractivity contribution >= 4 is 17.8 Å². The number of rotatable bonds is 7. The first-order chi connectivity index (χ1) is 9.81. The standard InChI is InChI=1S/C13H20N4O4/c1-7(2)11(16-8(3)18)12(19)17-10(13(20)21)4-9-5-14-6-15-9/h5-7,10-11H,4H2,1-3H3,(H,14,15)(H,16,18)(H,17,19)(H,20,21)/t10-,11?/m1/s1. The summed E-state index contributed by atoms with van der Waals surface area (Å²) in [5.74, 6) is -2.17. The van der Waals surface area contributed by atoms with Crippen LogP contribution >= 0.6 is 0 Å². The first-order valence-corrected chi connectivity index (χ1v) is 6.58. The predicted octanol–water partition coefficient (Wildman–Crippen LogP) is -0.318. The van der Waals surface area contributed by atoms with Crippen LogP contribution < -0.4 is 10.6 Å². The summed E-state index contributed by atoms with van der Waals surface area (Å²) in [6.45, 7) is 4.84. The summed E-state index contributed by atoms with van der Waals surface area (Å²) in [7, 11) is 0. The number of hydrogen-bond donors (Lipinski definition) is 4. The molecule has 0 saturated carbocycles. The number of carbonyl (C=O) groups is 3. The molecule has 0 aliphatic carbocycles. The summed E-state index contributed by atoms with van der Waals surface area (Å²) in [6.07, 6.45) is 3.02. The van der Waals surface area contributed by atoms with Crippen LogP contribution in [0.4, 0.5) is 0 Å². The van der Waals surface area contributed by atoms with E-state index in [0.717, 1.165) is 0 Å². The summed E-state index contributed by atoms with van der Waals surface area (Å²) in [5, 5.41) is 14.1.